The molecule has 2 N–H and O–H groups in total. The molecule has 0 saturated carbocycles. The molecule has 0 aromatic heterocycles. The minimum Gasteiger partial charge on any atom is -0.457 e. The Labute approximate surface area is 157 Å². The molecule has 134 valence electrons. The highest BCUT2D eigenvalue weighted by Crippen LogP contribution is 2.44. The Balaban J connectivity index is 1.77. The normalized spacial score (nSPS) is 19.2. The topological polar surface area (TPSA) is 85.3 Å². The Bertz CT molecular complexity index is 1000. The number of allylic oxidation sites excluding steroid dienone is 3. The average molecular weight is 358 g/mol. The fourth-order valence-corrected chi connectivity index (χ4v) is 3.57. The molecule has 27 heavy (non-hydrogen) atoms. The van der Waals surface area contributed by atoms with Crippen LogP contribution in [-0.4, -0.2) is 5.78 Å². The SMILES string of the molecule is N#CC1=C(N)OC2=C(C(=O)CCC2)[C@@H]1c1cccc(Oc2ccccc2)c1. The molecular weight excluding hydrogens is 340 g/mol. The van der Waals surface area contributed by atoms with Crippen molar-refractivity contribution in [2.24, 2.45) is 5.73 Å². The molecule has 2 aromatic carbocycles. The molecule has 1 aliphatic heterocycles. The number of rotatable bonds is 3. The van der Waals surface area contributed by atoms with E-state index < -0.39 is 5.92 Å². The summed E-state index contributed by atoms with van der Waals surface area (Å²) in [5.41, 5.74) is 7.59. The van der Waals surface area contributed by atoms with E-state index in [9.17, 15) is 10.1 Å². The summed E-state index contributed by atoms with van der Waals surface area (Å²) < 4.78 is 11.5. The second-order valence-electron chi connectivity index (χ2n) is 6.53. The Morgan fingerprint density at radius 3 is 2.63 bits per heavy atom. The monoisotopic (exact) mass is 358 g/mol. The van der Waals surface area contributed by atoms with Crippen LogP contribution < -0.4 is 10.5 Å². The maximum absolute atomic E-state index is 12.6. The molecule has 2 aliphatic rings. The van der Waals surface area contributed by atoms with E-state index in [-0.39, 0.29) is 17.2 Å². The van der Waals surface area contributed by atoms with Crippen LogP contribution in [0.1, 0.15) is 30.7 Å². The van der Waals surface area contributed by atoms with Gasteiger partial charge in [-0.15, -0.1) is 0 Å². The molecule has 0 bridgehead atoms. The maximum atomic E-state index is 12.6. The molecule has 1 heterocycles. The van der Waals surface area contributed by atoms with Crippen LogP contribution in [0.15, 0.2) is 77.4 Å². The number of hydrogen-bond acceptors (Lipinski definition) is 5. The number of nitriles is 1. The van der Waals surface area contributed by atoms with Crippen LogP contribution in [0.2, 0.25) is 0 Å². The van der Waals surface area contributed by atoms with Gasteiger partial charge in [-0.3, -0.25) is 4.79 Å². The third kappa shape index (κ3) is 3.18. The molecule has 2 aromatic rings. The van der Waals surface area contributed by atoms with E-state index in [0.29, 0.717) is 35.7 Å². The predicted molar refractivity (Wildman–Crippen MR) is 99.5 cm³/mol. The molecule has 1 aliphatic carbocycles. The van der Waals surface area contributed by atoms with Crippen LogP contribution in [0.5, 0.6) is 11.5 Å². The van der Waals surface area contributed by atoms with Crippen molar-refractivity contribution in [2.45, 2.75) is 25.2 Å². The third-order valence-electron chi connectivity index (χ3n) is 4.78. The zero-order chi connectivity index (χ0) is 18.8. The third-order valence-corrected chi connectivity index (χ3v) is 4.78. The average Bonchev–Trinajstić information content (AvgIpc) is 2.68. The second kappa shape index (κ2) is 7.00. The highest BCUT2D eigenvalue weighted by molar-refractivity contribution is 5.99. The van der Waals surface area contributed by atoms with Gasteiger partial charge >= 0.3 is 0 Å². The molecule has 0 radical (unpaired) electrons. The highest BCUT2D eigenvalue weighted by Gasteiger charge is 2.38. The van der Waals surface area contributed by atoms with E-state index in [2.05, 4.69) is 6.07 Å². The number of ketones is 1. The summed E-state index contributed by atoms with van der Waals surface area (Å²) in [6.45, 7) is 0. The largest absolute Gasteiger partial charge is 0.457 e. The van der Waals surface area contributed by atoms with Gasteiger partial charge < -0.3 is 15.2 Å². The fourth-order valence-electron chi connectivity index (χ4n) is 3.57. The van der Waals surface area contributed by atoms with Crippen molar-refractivity contribution in [1.29, 1.82) is 5.26 Å². The van der Waals surface area contributed by atoms with Gasteiger partial charge in [-0.1, -0.05) is 30.3 Å². The number of Topliss-reactive ketones (excluding diaryl/α,β-unsaturated/α-hetero) is 1. The molecule has 5 heteroatoms. The first kappa shape index (κ1) is 16.9. The van der Waals surface area contributed by atoms with Crippen molar-refractivity contribution in [3.05, 3.63) is 82.9 Å². The zero-order valence-electron chi connectivity index (χ0n) is 14.6. The summed E-state index contributed by atoms with van der Waals surface area (Å²) >= 11 is 0. The van der Waals surface area contributed by atoms with Crippen molar-refractivity contribution in [3.8, 4) is 17.6 Å². The van der Waals surface area contributed by atoms with Crippen LogP contribution in [0.3, 0.4) is 0 Å². The number of carbonyl (C=O) groups is 1. The van der Waals surface area contributed by atoms with E-state index in [0.717, 1.165) is 12.0 Å². The lowest BCUT2D eigenvalue weighted by molar-refractivity contribution is -0.116. The second-order valence-corrected chi connectivity index (χ2v) is 6.53. The summed E-state index contributed by atoms with van der Waals surface area (Å²) in [5.74, 6) is 1.49. The summed E-state index contributed by atoms with van der Waals surface area (Å²) in [6.07, 6.45) is 1.84. The first-order valence-corrected chi connectivity index (χ1v) is 8.84. The lowest BCUT2D eigenvalue weighted by Crippen LogP contribution is -2.27. The highest BCUT2D eigenvalue weighted by atomic mass is 16.5. The van der Waals surface area contributed by atoms with E-state index in [1.54, 1.807) is 0 Å². The number of hydrogen-bond donors (Lipinski definition) is 1. The molecule has 0 fully saturated rings. The Hall–Kier alpha value is -3.52. The first-order chi connectivity index (χ1) is 13.2. The lowest BCUT2D eigenvalue weighted by Gasteiger charge is -2.31. The number of benzene rings is 2. The predicted octanol–water partition coefficient (Wildman–Crippen LogP) is 4.29. The van der Waals surface area contributed by atoms with Gasteiger partial charge in [-0.25, -0.2) is 0 Å². The van der Waals surface area contributed by atoms with Crippen molar-refractivity contribution in [1.82, 2.24) is 0 Å². The molecule has 5 nitrogen and oxygen atoms in total. The number of para-hydroxylation sites is 1. The van der Waals surface area contributed by atoms with Crippen molar-refractivity contribution < 1.29 is 14.3 Å². The molecule has 0 unspecified atom stereocenters. The number of nitrogens with zero attached hydrogens (tertiary/aromatic N) is 1. The lowest BCUT2D eigenvalue weighted by atomic mass is 9.77. The van der Waals surface area contributed by atoms with Crippen molar-refractivity contribution in [2.75, 3.05) is 0 Å². The first-order valence-electron chi connectivity index (χ1n) is 8.84. The van der Waals surface area contributed by atoms with Gasteiger partial charge in [-0.05, 0) is 36.2 Å². The van der Waals surface area contributed by atoms with Crippen molar-refractivity contribution >= 4 is 5.78 Å². The van der Waals surface area contributed by atoms with Gasteiger partial charge in [0.1, 0.15) is 28.9 Å². The summed E-state index contributed by atoms with van der Waals surface area (Å²) in [4.78, 5) is 12.6. The smallest absolute Gasteiger partial charge is 0.205 e. The zero-order valence-corrected chi connectivity index (χ0v) is 14.6. The Morgan fingerprint density at radius 2 is 1.85 bits per heavy atom. The minimum atomic E-state index is -0.522. The van der Waals surface area contributed by atoms with Crippen LogP contribution in [0, 0.1) is 11.3 Å². The Kier molecular flexibility index (Phi) is 4.39. The molecular formula is C22H18N2O3. The van der Waals surface area contributed by atoms with Crippen LogP contribution in [-0.2, 0) is 9.53 Å². The number of ether oxygens (including phenoxy) is 2. The Morgan fingerprint density at radius 1 is 1.07 bits per heavy atom. The van der Waals surface area contributed by atoms with Gasteiger partial charge in [0.25, 0.3) is 0 Å². The molecule has 0 amide bonds. The van der Waals surface area contributed by atoms with Gasteiger partial charge in [0.05, 0.1) is 5.92 Å². The van der Waals surface area contributed by atoms with Gasteiger partial charge in [0, 0.05) is 18.4 Å². The molecule has 0 saturated heterocycles. The number of carbonyl (C=O) groups excluding carboxylic acids is 1. The molecule has 1 atom stereocenters. The minimum absolute atomic E-state index is 0.0101. The van der Waals surface area contributed by atoms with Gasteiger partial charge in [0.15, 0.2) is 5.78 Å². The maximum Gasteiger partial charge on any atom is 0.205 e. The standard InChI is InChI=1S/C22H18N2O3/c23-13-17-20(21-18(25)10-5-11-19(21)27-22(17)24)14-6-4-9-16(12-14)26-15-7-2-1-3-8-15/h1-4,6-9,12,20H,5,10-11,24H2/t20-/m1/s1. The van der Waals surface area contributed by atoms with Crippen LogP contribution in [0.25, 0.3) is 0 Å². The van der Waals surface area contributed by atoms with Crippen LogP contribution >= 0.6 is 0 Å². The van der Waals surface area contributed by atoms with E-state index in [4.69, 9.17) is 15.2 Å². The van der Waals surface area contributed by atoms with E-state index >= 15 is 0 Å². The summed E-state index contributed by atoms with van der Waals surface area (Å²) in [5, 5.41) is 9.64. The van der Waals surface area contributed by atoms with Crippen LogP contribution in [0.4, 0.5) is 0 Å². The number of nitrogens with two attached hydrogens (primary N) is 1. The van der Waals surface area contributed by atoms with E-state index in [1.807, 2.05) is 54.6 Å². The molecule has 4 rings (SSSR count). The fraction of sp³-hybridized carbons (Fsp3) is 0.182. The van der Waals surface area contributed by atoms with Gasteiger partial charge in [0.2, 0.25) is 5.88 Å². The molecule has 0 spiro atoms. The van der Waals surface area contributed by atoms with Crippen molar-refractivity contribution in [3.63, 3.8) is 0 Å². The summed E-state index contributed by atoms with van der Waals surface area (Å²) in [7, 11) is 0. The quantitative estimate of drug-likeness (QED) is 0.884. The van der Waals surface area contributed by atoms with E-state index in [1.165, 1.54) is 0 Å². The summed E-state index contributed by atoms with van der Waals surface area (Å²) in [6, 6.07) is 19.0. The van der Waals surface area contributed by atoms with Gasteiger partial charge in [-0.2, -0.15) is 5.26 Å².